The molecule has 0 aliphatic heterocycles. The van der Waals surface area contributed by atoms with Gasteiger partial charge in [0.05, 0.1) is 5.60 Å². The van der Waals surface area contributed by atoms with Crippen LogP contribution in [0.1, 0.15) is 32.6 Å². The third kappa shape index (κ3) is 1.40. The lowest BCUT2D eigenvalue weighted by Crippen LogP contribution is -2.46. The molecular weight excluding hydrogens is 162 g/mol. The highest BCUT2D eigenvalue weighted by Gasteiger charge is 2.47. The van der Waals surface area contributed by atoms with Crippen molar-refractivity contribution in [3.63, 3.8) is 0 Å². The van der Waals surface area contributed by atoms with Gasteiger partial charge in [0, 0.05) is 13.7 Å². The van der Waals surface area contributed by atoms with E-state index in [9.17, 15) is 0 Å². The fraction of sp³-hybridized carbons (Fsp3) is 1.00. The standard InChI is InChI=1S/C11H21NO/c1-11(7-12,13-2)10-6-8-3-4-9(10)5-8/h8-10H,3-7,12H2,1-2H3. The molecule has 0 radical (unpaired) electrons. The van der Waals surface area contributed by atoms with E-state index in [0.717, 1.165) is 17.8 Å². The van der Waals surface area contributed by atoms with Crippen molar-refractivity contribution in [1.29, 1.82) is 0 Å². The molecule has 2 nitrogen and oxygen atoms in total. The molecule has 4 atom stereocenters. The van der Waals surface area contributed by atoms with Gasteiger partial charge in [-0.15, -0.1) is 0 Å². The van der Waals surface area contributed by atoms with Crippen molar-refractivity contribution in [2.75, 3.05) is 13.7 Å². The van der Waals surface area contributed by atoms with Crippen LogP contribution in [0.15, 0.2) is 0 Å². The van der Waals surface area contributed by atoms with Crippen molar-refractivity contribution in [3.8, 4) is 0 Å². The molecule has 0 amide bonds. The third-order valence-electron chi connectivity index (χ3n) is 4.39. The van der Waals surface area contributed by atoms with Gasteiger partial charge in [-0.25, -0.2) is 0 Å². The molecule has 2 N–H and O–H groups in total. The minimum atomic E-state index is -0.0557. The van der Waals surface area contributed by atoms with Crippen molar-refractivity contribution < 1.29 is 4.74 Å². The van der Waals surface area contributed by atoms with Gasteiger partial charge >= 0.3 is 0 Å². The number of fused-ring (bicyclic) bond motifs is 2. The Kier molecular flexibility index (Phi) is 2.37. The Morgan fingerprint density at radius 1 is 1.38 bits per heavy atom. The number of nitrogens with two attached hydrogens (primary N) is 1. The van der Waals surface area contributed by atoms with Crippen molar-refractivity contribution in [1.82, 2.24) is 0 Å². The maximum atomic E-state index is 5.80. The van der Waals surface area contributed by atoms with Crippen LogP contribution in [0.2, 0.25) is 0 Å². The molecule has 0 heterocycles. The minimum absolute atomic E-state index is 0.0557. The van der Waals surface area contributed by atoms with Crippen LogP contribution < -0.4 is 5.73 Å². The second-order valence-corrected chi connectivity index (χ2v) is 5.00. The van der Waals surface area contributed by atoms with Crippen molar-refractivity contribution in [2.24, 2.45) is 23.5 Å². The Labute approximate surface area is 80.8 Å². The molecule has 0 aromatic carbocycles. The largest absolute Gasteiger partial charge is 0.377 e. The monoisotopic (exact) mass is 183 g/mol. The van der Waals surface area contributed by atoms with Crippen LogP contribution in [0, 0.1) is 17.8 Å². The van der Waals surface area contributed by atoms with Gasteiger partial charge in [0.15, 0.2) is 0 Å². The number of methoxy groups -OCH3 is 1. The van der Waals surface area contributed by atoms with Gasteiger partial charge in [-0.05, 0) is 43.9 Å². The zero-order valence-corrected chi connectivity index (χ0v) is 8.75. The fourth-order valence-electron chi connectivity index (χ4n) is 3.38. The molecule has 2 aliphatic rings. The molecule has 0 saturated heterocycles. The minimum Gasteiger partial charge on any atom is -0.377 e. The topological polar surface area (TPSA) is 35.2 Å². The lowest BCUT2D eigenvalue weighted by molar-refractivity contribution is -0.0541. The van der Waals surface area contributed by atoms with E-state index >= 15 is 0 Å². The number of hydrogen-bond donors (Lipinski definition) is 1. The summed E-state index contributed by atoms with van der Waals surface area (Å²) in [6.45, 7) is 2.84. The summed E-state index contributed by atoms with van der Waals surface area (Å²) in [5, 5.41) is 0. The number of ether oxygens (including phenoxy) is 1. The second-order valence-electron chi connectivity index (χ2n) is 5.00. The van der Waals surface area contributed by atoms with E-state index in [2.05, 4.69) is 6.92 Å². The highest BCUT2D eigenvalue weighted by Crippen LogP contribution is 2.52. The Morgan fingerprint density at radius 2 is 2.15 bits per heavy atom. The van der Waals surface area contributed by atoms with Gasteiger partial charge in [0.25, 0.3) is 0 Å². The Balaban J connectivity index is 2.08. The maximum absolute atomic E-state index is 5.80. The van der Waals surface area contributed by atoms with Crippen LogP contribution in [0.5, 0.6) is 0 Å². The second kappa shape index (κ2) is 3.25. The first-order valence-electron chi connectivity index (χ1n) is 5.45. The summed E-state index contributed by atoms with van der Waals surface area (Å²) in [6.07, 6.45) is 5.65. The first-order chi connectivity index (χ1) is 6.19. The molecule has 2 heteroatoms. The Bertz CT molecular complexity index is 189. The maximum Gasteiger partial charge on any atom is 0.0803 e. The molecule has 2 aliphatic carbocycles. The normalized spacial score (nSPS) is 42.2. The van der Waals surface area contributed by atoms with Gasteiger partial charge in [0.2, 0.25) is 0 Å². The van der Waals surface area contributed by atoms with E-state index in [1.54, 1.807) is 7.11 Å². The summed E-state index contributed by atoms with van der Waals surface area (Å²) in [7, 11) is 1.80. The van der Waals surface area contributed by atoms with Crippen molar-refractivity contribution >= 4 is 0 Å². The van der Waals surface area contributed by atoms with Crippen LogP contribution in [-0.2, 0) is 4.74 Å². The van der Waals surface area contributed by atoms with E-state index in [1.807, 2.05) is 0 Å². The van der Waals surface area contributed by atoms with Crippen molar-refractivity contribution in [3.05, 3.63) is 0 Å². The predicted molar refractivity (Wildman–Crippen MR) is 53.4 cm³/mol. The average molecular weight is 183 g/mol. The number of hydrogen-bond acceptors (Lipinski definition) is 2. The fourth-order valence-corrected chi connectivity index (χ4v) is 3.38. The molecule has 76 valence electrons. The van der Waals surface area contributed by atoms with Crippen LogP contribution in [0.4, 0.5) is 0 Å². The molecule has 2 fully saturated rings. The predicted octanol–water partition coefficient (Wildman–Crippen LogP) is 1.79. The smallest absolute Gasteiger partial charge is 0.0803 e. The first-order valence-corrected chi connectivity index (χ1v) is 5.45. The average Bonchev–Trinajstić information content (AvgIpc) is 2.77. The summed E-state index contributed by atoms with van der Waals surface area (Å²) in [5.41, 5.74) is 5.75. The molecule has 2 rings (SSSR count). The van der Waals surface area contributed by atoms with Crippen LogP contribution >= 0.6 is 0 Å². The van der Waals surface area contributed by atoms with Crippen molar-refractivity contribution in [2.45, 2.75) is 38.2 Å². The zero-order chi connectivity index (χ0) is 9.47. The Hall–Kier alpha value is -0.0800. The highest BCUT2D eigenvalue weighted by molar-refractivity contribution is 4.99. The number of rotatable bonds is 3. The molecule has 2 bridgehead atoms. The third-order valence-corrected chi connectivity index (χ3v) is 4.39. The van der Waals surface area contributed by atoms with E-state index in [0.29, 0.717) is 6.54 Å². The molecule has 0 spiro atoms. The Morgan fingerprint density at radius 3 is 2.54 bits per heavy atom. The summed E-state index contributed by atoms with van der Waals surface area (Å²) < 4.78 is 5.60. The van der Waals surface area contributed by atoms with E-state index < -0.39 is 0 Å². The lowest BCUT2D eigenvalue weighted by Gasteiger charge is -2.38. The molecule has 0 aromatic rings. The summed E-state index contributed by atoms with van der Waals surface area (Å²) in [6, 6.07) is 0. The summed E-state index contributed by atoms with van der Waals surface area (Å²) >= 11 is 0. The van der Waals surface area contributed by atoms with Gasteiger partial charge in [0.1, 0.15) is 0 Å². The SMILES string of the molecule is COC(C)(CN)C1CC2CCC1C2. The molecular formula is C11H21NO. The van der Waals surface area contributed by atoms with Gasteiger partial charge < -0.3 is 10.5 Å². The zero-order valence-electron chi connectivity index (χ0n) is 8.75. The summed E-state index contributed by atoms with van der Waals surface area (Å²) in [4.78, 5) is 0. The summed E-state index contributed by atoms with van der Waals surface area (Å²) in [5.74, 6) is 2.61. The van der Waals surface area contributed by atoms with Crippen LogP contribution in [0.3, 0.4) is 0 Å². The molecule has 0 aromatic heterocycles. The lowest BCUT2D eigenvalue weighted by atomic mass is 9.77. The van der Waals surface area contributed by atoms with E-state index in [-0.39, 0.29) is 5.60 Å². The molecule has 2 saturated carbocycles. The first kappa shape index (κ1) is 9.47. The van der Waals surface area contributed by atoms with E-state index in [1.165, 1.54) is 25.7 Å². The van der Waals surface area contributed by atoms with Gasteiger partial charge in [-0.3, -0.25) is 0 Å². The highest BCUT2D eigenvalue weighted by atomic mass is 16.5. The van der Waals surface area contributed by atoms with Crippen LogP contribution in [-0.4, -0.2) is 19.3 Å². The van der Waals surface area contributed by atoms with Gasteiger partial charge in [-0.2, -0.15) is 0 Å². The van der Waals surface area contributed by atoms with Gasteiger partial charge in [-0.1, -0.05) is 6.42 Å². The molecule has 13 heavy (non-hydrogen) atoms. The quantitative estimate of drug-likeness (QED) is 0.724. The molecule has 4 unspecified atom stereocenters. The van der Waals surface area contributed by atoms with Crippen LogP contribution in [0.25, 0.3) is 0 Å². The van der Waals surface area contributed by atoms with E-state index in [4.69, 9.17) is 10.5 Å².